The third-order valence-electron chi connectivity index (χ3n) is 11.8. The number of carboxylic acid groups (broad SMARTS) is 1. The number of rotatable bonds is 41. The molecule has 9 atom stereocenters. The van der Waals surface area contributed by atoms with Crippen molar-refractivity contribution in [3.8, 4) is 0 Å². The van der Waals surface area contributed by atoms with Gasteiger partial charge in [0.15, 0.2) is 11.9 Å². The van der Waals surface area contributed by atoms with E-state index in [4.69, 9.17) is 51.6 Å². The molecule has 74 heavy (non-hydrogen) atoms. The van der Waals surface area contributed by atoms with Crippen LogP contribution in [0.1, 0.15) is 130 Å². The molecule has 0 fully saturated rings. The molecule has 28 nitrogen and oxygen atoms in total. The second kappa shape index (κ2) is 38.2. The summed E-state index contributed by atoms with van der Waals surface area (Å²) in [5, 5.41) is 28.4. The number of nitrogens with one attached hydrogen (secondary N) is 7. The van der Waals surface area contributed by atoms with E-state index in [9.17, 15) is 48.3 Å². The molecule has 0 aliphatic rings. The number of nitrogens with two attached hydrogens (primary N) is 9. The third kappa shape index (κ3) is 29.3. The van der Waals surface area contributed by atoms with E-state index in [0.717, 1.165) is 0 Å². The molecule has 9 unspecified atom stereocenters. The molecule has 0 aromatic carbocycles. The number of guanidine groups is 2. The van der Waals surface area contributed by atoms with Gasteiger partial charge in [-0.25, -0.2) is 4.79 Å². The summed E-state index contributed by atoms with van der Waals surface area (Å²) in [6.07, 6.45) is 3.03. The molecule has 28 heteroatoms. The summed E-state index contributed by atoms with van der Waals surface area (Å²) < 4.78 is 0. The maximum Gasteiger partial charge on any atom is 0.326 e. The van der Waals surface area contributed by atoms with Gasteiger partial charge < -0.3 is 93.9 Å². The van der Waals surface area contributed by atoms with E-state index >= 15 is 0 Å². The number of hydrogen-bond acceptors (Lipinski definition) is 15. The largest absolute Gasteiger partial charge is 0.480 e. The van der Waals surface area contributed by atoms with Crippen LogP contribution in [0, 0.1) is 11.8 Å². The van der Waals surface area contributed by atoms with Crippen LogP contribution in [0.2, 0.25) is 0 Å². The van der Waals surface area contributed by atoms with E-state index in [-0.39, 0.29) is 95.4 Å². The quantitative estimate of drug-likeness (QED) is 0.0155. The zero-order chi connectivity index (χ0) is 56.3. The van der Waals surface area contributed by atoms with Crippen LogP contribution in [0.25, 0.3) is 0 Å². The van der Waals surface area contributed by atoms with Crippen molar-refractivity contribution < 1.29 is 48.3 Å². The van der Waals surface area contributed by atoms with E-state index in [1.54, 1.807) is 27.7 Å². The number of carbonyl (C=O) groups is 9. The highest BCUT2D eigenvalue weighted by atomic mass is 16.4. The molecule has 0 aromatic heterocycles. The lowest BCUT2D eigenvalue weighted by Gasteiger charge is -2.29. The minimum Gasteiger partial charge on any atom is -0.480 e. The Morgan fingerprint density at radius 3 is 1.14 bits per heavy atom. The summed E-state index contributed by atoms with van der Waals surface area (Å²) in [6, 6.07) is -10.3. The number of carbonyl (C=O) groups excluding carboxylic acids is 8. The van der Waals surface area contributed by atoms with E-state index in [2.05, 4.69) is 47.2 Å². The van der Waals surface area contributed by atoms with Crippen LogP contribution in [-0.4, -0.2) is 151 Å². The number of aliphatic carboxylic acids is 1. The fourth-order valence-electron chi connectivity index (χ4n) is 7.42. The highest BCUT2D eigenvalue weighted by molar-refractivity contribution is 5.98. The predicted octanol–water partition coefficient (Wildman–Crippen LogP) is -4.75. The molecule has 0 saturated carbocycles. The Morgan fingerprint density at radius 2 is 0.797 bits per heavy atom. The molecule has 0 rings (SSSR count). The maximum absolute atomic E-state index is 14.4. The highest BCUT2D eigenvalue weighted by Gasteiger charge is 2.35. The van der Waals surface area contributed by atoms with Crippen LogP contribution in [0.5, 0.6) is 0 Å². The van der Waals surface area contributed by atoms with Gasteiger partial charge in [-0.1, -0.05) is 34.1 Å². The lowest BCUT2D eigenvalue weighted by Crippen LogP contribution is -2.60. The van der Waals surface area contributed by atoms with Crippen molar-refractivity contribution in [2.24, 2.45) is 73.4 Å². The number of unbranched alkanes of at least 4 members (excludes halogenated alkanes) is 3. The van der Waals surface area contributed by atoms with Gasteiger partial charge >= 0.3 is 5.97 Å². The number of carboxylic acids is 1. The van der Waals surface area contributed by atoms with Crippen molar-refractivity contribution in [2.75, 3.05) is 32.7 Å². The van der Waals surface area contributed by atoms with Crippen molar-refractivity contribution in [1.29, 1.82) is 0 Å². The Morgan fingerprint density at radius 1 is 0.459 bits per heavy atom. The van der Waals surface area contributed by atoms with Crippen molar-refractivity contribution in [3.63, 3.8) is 0 Å². The summed E-state index contributed by atoms with van der Waals surface area (Å²) in [6.45, 7) is 8.05. The highest BCUT2D eigenvalue weighted by Crippen LogP contribution is 2.14. The average Bonchev–Trinajstić information content (AvgIpc) is 3.32. The van der Waals surface area contributed by atoms with Crippen LogP contribution in [0.3, 0.4) is 0 Å². The Kier molecular flexibility index (Phi) is 34.9. The number of amides is 8. The van der Waals surface area contributed by atoms with Crippen molar-refractivity contribution in [2.45, 2.75) is 179 Å². The molecule has 0 bridgehead atoms. The summed E-state index contributed by atoms with van der Waals surface area (Å²) in [7, 11) is 0. The fourth-order valence-corrected chi connectivity index (χ4v) is 7.42. The zero-order valence-electron chi connectivity index (χ0n) is 43.8. The molecule has 0 aromatic rings. The van der Waals surface area contributed by atoms with Gasteiger partial charge in [0.1, 0.15) is 42.3 Å². The van der Waals surface area contributed by atoms with Gasteiger partial charge in [-0.05, 0) is 121 Å². The molecular weight excluding hydrogens is 965 g/mol. The lowest BCUT2D eigenvalue weighted by molar-refractivity contribution is -0.143. The second-order valence-corrected chi connectivity index (χ2v) is 18.7. The van der Waals surface area contributed by atoms with Crippen LogP contribution in [0.15, 0.2) is 9.98 Å². The molecule has 0 radical (unpaired) electrons. The zero-order valence-corrected chi connectivity index (χ0v) is 43.8. The van der Waals surface area contributed by atoms with E-state index in [1.807, 2.05) is 0 Å². The third-order valence-corrected chi connectivity index (χ3v) is 11.8. The lowest BCUT2D eigenvalue weighted by atomic mass is 9.96. The average molecular weight is 1060 g/mol. The molecular formula is C46H90N18O10. The van der Waals surface area contributed by atoms with Crippen molar-refractivity contribution in [1.82, 2.24) is 37.2 Å². The Labute approximate surface area is 434 Å². The minimum absolute atomic E-state index is 0.0223. The second-order valence-electron chi connectivity index (χ2n) is 18.7. The standard InChI is InChI=1S/C46H90N18O10/c1-5-27(4)36(43(72)62-33(44(73)74)16-8-11-21-49)64-41(70)30(15-7-10-20-48)59-39(68)31(17-12-22-56-45(52)53)60-38(67)29(14-6-9-19-47)58-40(69)32(18-13-23-57-46(54)55)61-42(71)34(24-26(2)3)63-37(66)28(50)25-35(51)65/h26-34,36H,5-25,47-50H2,1-4H3,(H2,51,65)(H,58,69)(H,59,68)(H,60,67)(H,61,71)(H,62,72)(H,63,66)(H,64,70)(H,73,74)(H4,52,53,56)(H4,54,55,57). The van der Waals surface area contributed by atoms with Crippen molar-refractivity contribution >= 4 is 65.1 Å². The van der Waals surface area contributed by atoms with E-state index in [1.165, 1.54) is 0 Å². The van der Waals surface area contributed by atoms with Gasteiger partial charge in [0.25, 0.3) is 0 Å². The first-order valence-electron chi connectivity index (χ1n) is 25.5. The molecule has 424 valence electrons. The van der Waals surface area contributed by atoms with E-state index < -0.39 is 114 Å². The Hall–Kier alpha value is -6.39. The van der Waals surface area contributed by atoms with Crippen LogP contribution >= 0.6 is 0 Å². The van der Waals surface area contributed by atoms with Gasteiger partial charge in [-0.2, -0.15) is 0 Å². The molecule has 0 heterocycles. The summed E-state index contributed by atoms with van der Waals surface area (Å²) in [4.78, 5) is 129. The van der Waals surface area contributed by atoms with Gasteiger partial charge in [-0.3, -0.25) is 48.3 Å². The maximum atomic E-state index is 14.4. The van der Waals surface area contributed by atoms with Gasteiger partial charge in [0.05, 0.1) is 12.5 Å². The first-order chi connectivity index (χ1) is 34.9. The fraction of sp³-hybridized carbons (Fsp3) is 0.761. The monoisotopic (exact) mass is 1050 g/mol. The molecule has 0 aliphatic carbocycles. The smallest absolute Gasteiger partial charge is 0.326 e. The molecule has 0 saturated heterocycles. The van der Waals surface area contributed by atoms with Gasteiger partial charge in [0.2, 0.25) is 47.3 Å². The molecule has 8 amide bonds. The molecule has 0 aliphatic heterocycles. The van der Waals surface area contributed by atoms with Crippen molar-refractivity contribution in [3.05, 3.63) is 0 Å². The Balaban J connectivity index is 7.01. The van der Waals surface area contributed by atoms with Crippen LogP contribution in [-0.2, 0) is 43.2 Å². The first kappa shape index (κ1) is 67.6. The SMILES string of the molecule is CCC(C)C(NC(=O)C(CCCCN)NC(=O)C(CCCN=C(N)N)NC(=O)C(CCCCN)NC(=O)C(CCCN=C(N)N)NC(=O)C(CC(C)C)NC(=O)C(N)CC(N)=O)C(=O)NC(CCCCN)C(=O)O. The molecule has 0 spiro atoms. The first-order valence-corrected chi connectivity index (χ1v) is 25.5. The minimum atomic E-state index is -1.36. The van der Waals surface area contributed by atoms with Gasteiger partial charge in [-0.15, -0.1) is 0 Å². The summed E-state index contributed by atoms with van der Waals surface area (Å²) in [5.41, 5.74) is 50.2. The summed E-state index contributed by atoms with van der Waals surface area (Å²) in [5.74, 6) is -8.65. The number of primary amides is 1. The number of nitrogens with zero attached hydrogens (tertiary/aromatic N) is 2. The predicted molar refractivity (Wildman–Crippen MR) is 280 cm³/mol. The van der Waals surface area contributed by atoms with Crippen LogP contribution in [0.4, 0.5) is 0 Å². The topological polar surface area (TPSA) is 517 Å². The van der Waals surface area contributed by atoms with Gasteiger partial charge in [0, 0.05) is 13.1 Å². The number of hydrogen-bond donors (Lipinski definition) is 17. The normalized spacial score (nSPS) is 14.7. The Bertz CT molecular complexity index is 1830. The number of aliphatic imine (C=N–C) groups is 2. The van der Waals surface area contributed by atoms with Crippen LogP contribution < -0.4 is 88.8 Å². The summed E-state index contributed by atoms with van der Waals surface area (Å²) >= 11 is 0. The van der Waals surface area contributed by atoms with E-state index in [0.29, 0.717) is 51.5 Å². The molecule has 26 N–H and O–H groups in total.